The van der Waals surface area contributed by atoms with Crippen molar-refractivity contribution in [2.75, 3.05) is 13.2 Å². The molecule has 0 aliphatic rings. The van der Waals surface area contributed by atoms with Crippen molar-refractivity contribution in [1.29, 1.82) is 0 Å². The van der Waals surface area contributed by atoms with Crippen LogP contribution in [0.3, 0.4) is 0 Å². The van der Waals surface area contributed by atoms with E-state index in [0.717, 1.165) is 31.9 Å². The maximum absolute atomic E-state index is 5.49. The lowest BCUT2D eigenvalue weighted by atomic mass is 10.4. The third-order valence-corrected chi connectivity index (χ3v) is 2.69. The summed E-state index contributed by atoms with van der Waals surface area (Å²) in [6.07, 6.45) is 6.33. The number of nitrogens with zero attached hydrogens (tertiary/aromatic N) is 2. The van der Waals surface area contributed by atoms with Gasteiger partial charge in [0.05, 0.1) is 18.3 Å². The van der Waals surface area contributed by atoms with Crippen molar-refractivity contribution in [2.24, 2.45) is 7.05 Å². The van der Waals surface area contributed by atoms with Gasteiger partial charge >= 0.3 is 0 Å². The average Bonchev–Trinajstić information content (AvgIpc) is 3.00. The van der Waals surface area contributed by atoms with Crippen LogP contribution < -0.4 is 5.32 Å². The maximum Gasteiger partial charge on any atom is 0.129 e. The minimum atomic E-state index is 0.550. The van der Waals surface area contributed by atoms with Crippen molar-refractivity contribution in [3.05, 3.63) is 42.4 Å². The van der Waals surface area contributed by atoms with Crippen LogP contribution in [0.4, 0.5) is 0 Å². The molecule has 0 spiro atoms. The van der Waals surface area contributed by atoms with Crippen molar-refractivity contribution >= 4 is 0 Å². The first-order chi connectivity index (χ1) is 8.86. The highest BCUT2D eigenvalue weighted by Gasteiger charge is 1.98. The van der Waals surface area contributed by atoms with Crippen LogP contribution in [0, 0.1) is 0 Å². The van der Waals surface area contributed by atoms with E-state index >= 15 is 0 Å². The zero-order valence-corrected chi connectivity index (χ0v) is 10.6. The van der Waals surface area contributed by atoms with Gasteiger partial charge in [-0.05, 0) is 25.1 Å². The second-order valence-corrected chi connectivity index (χ2v) is 4.16. The molecule has 2 rings (SSSR count). The van der Waals surface area contributed by atoms with Crippen molar-refractivity contribution in [3.8, 4) is 0 Å². The molecule has 0 aliphatic heterocycles. The number of aromatic nitrogens is 2. The van der Waals surface area contributed by atoms with Crippen molar-refractivity contribution < 1.29 is 9.15 Å². The van der Waals surface area contributed by atoms with E-state index in [2.05, 4.69) is 10.3 Å². The smallest absolute Gasteiger partial charge is 0.129 e. The molecule has 0 saturated carbocycles. The highest BCUT2D eigenvalue weighted by atomic mass is 16.5. The van der Waals surface area contributed by atoms with E-state index in [0.29, 0.717) is 6.61 Å². The highest BCUT2D eigenvalue weighted by Crippen LogP contribution is 2.01. The molecule has 0 amide bonds. The Bertz CT molecular complexity index is 437. The van der Waals surface area contributed by atoms with Gasteiger partial charge in [-0.25, -0.2) is 4.98 Å². The van der Waals surface area contributed by atoms with Crippen LogP contribution in [0.5, 0.6) is 0 Å². The number of imidazole rings is 1. The zero-order valence-electron chi connectivity index (χ0n) is 10.6. The van der Waals surface area contributed by atoms with E-state index in [-0.39, 0.29) is 0 Å². The van der Waals surface area contributed by atoms with Crippen LogP contribution >= 0.6 is 0 Å². The molecular weight excluding hydrogens is 230 g/mol. The zero-order chi connectivity index (χ0) is 12.6. The largest absolute Gasteiger partial charge is 0.467 e. The predicted molar refractivity (Wildman–Crippen MR) is 67.9 cm³/mol. The molecule has 1 N–H and O–H groups in total. The maximum atomic E-state index is 5.49. The molecule has 2 aromatic rings. The SMILES string of the molecule is Cn1cncc1CNCCCOCc1ccco1. The molecule has 0 unspecified atom stereocenters. The number of rotatable bonds is 8. The van der Waals surface area contributed by atoms with Crippen LogP contribution in [-0.2, 0) is 24.9 Å². The lowest BCUT2D eigenvalue weighted by molar-refractivity contribution is 0.104. The topological polar surface area (TPSA) is 52.2 Å². The van der Waals surface area contributed by atoms with E-state index in [4.69, 9.17) is 9.15 Å². The standard InChI is InChI=1S/C13H19N3O2/c1-16-11-15-9-12(16)8-14-5-3-6-17-10-13-4-2-7-18-13/h2,4,7,9,11,14H,3,5-6,8,10H2,1H3. The van der Waals surface area contributed by atoms with E-state index in [1.165, 1.54) is 5.69 Å². The summed E-state index contributed by atoms with van der Waals surface area (Å²) in [7, 11) is 2.00. The second kappa shape index (κ2) is 6.98. The molecule has 2 aromatic heterocycles. The van der Waals surface area contributed by atoms with Crippen LogP contribution in [0.25, 0.3) is 0 Å². The van der Waals surface area contributed by atoms with Gasteiger partial charge in [-0.2, -0.15) is 0 Å². The average molecular weight is 249 g/mol. The van der Waals surface area contributed by atoms with Gasteiger partial charge in [0.1, 0.15) is 12.4 Å². The Kier molecular flexibility index (Phi) is 4.99. The fraction of sp³-hybridized carbons (Fsp3) is 0.462. The van der Waals surface area contributed by atoms with Gasteiger partial charge in [0, 0.05) is 26.4 Å². The Hall–Kier alpha value is -1.59. The van der Waals surface area contributed by atoms with E-state index in [1.54, 1.807) is 6.26 Å². The number of ether oxygens (including phenoxy) is 1. The molecule has 0 radical (unpaired) electrons. The molecule has 18 heavy (non-hydrogen) atoms. The summed E-state index contributed by atoms with van der Waals surface area (Å²) in [6.45, 7) is 3.06. The summed E-state index contributed by atoms with van der Waals surface area (Å²) in [5.41, 5.74) is 1.19. The number of aryl methyl sites for hydroxylation is 1. The first-order valence-electron chi connectivity index (χ1n) is 6.12. The van der Waals surface area contributed by atoms with Gasteiger partial charge in [0.15, 0.2) is 0 Å². The van der Waals surface area contributed by atoms with E-state index in [1.807, 2.05) is 36.3 Å². The van der Waals surface area contributed by atoms with Crippen LogP contribution in [0.15, 0.2) is 35.3 Å². The monoisotopic (exact) mass is 249 g/mol. The molecule has 5 nitrogen and oxygen atoms in total. The third kappa shape index (κ3) is 4.01. The summed E-state index contributed by atoms with van der Waals surface area (Å²) in [4.78, 5) is 4.07. The van der Waals surface area contributed by atoms with Crippen LogP contribution in [-0.4, -0.2) is 22.7 Å². The Morgan fingerprint density at radius 2 is 2.44 bits per heavy atom. The van der Waals surface area contributed by atoms with Gasteiger partial charge in [0.25, 0.3) is 0 Å². The molecule has 0 saturated heterocycles. The highest BCUT2D eigenvalue weighted by molar-refractivity contribution is 4.97. The molecule has 0 aromatic carbocycles. The number of nitrogens with one attached hydrogen (secondary N) is 1. The normalized spacial score (nSPS) is 10.9. The minimum absolute atomic E-state index is 0.550. The van der Waals surface area contributed by atoms with Crippen molar-refractivity contribution in [3.63, 3.8) is 0 Å². The summed E-state index contributed by atoms with van der Waals surface area (Å²) in [5, 5.41) is 3.36. The molecular formula is C13H19N3O2. The van der Waals surface area contributed by atoms with E-state index in [9.17, 15) is 0 Å². The van der Waals surface area contributed by atoms with Crippen LogP contribution in [0.1, 0.15) is 17.9 Å². The molecule has 0 aliphatic carbocycles. The first-order valence-corrected chi connectivity index (χ1v) is 6.12. The fourth-order valence-corrected chi connectivity index (χ4v) is 1.64. The van der Waals surface area contributed by atoms with Gasteiger partial charge < -0.3 is 19.0 Å². The lowest BCUT2D eigenvalue weighted by Gasteiger charge is -2.05. The molecule has 0 fully saturated rings. The number of hydrogen-bond donors (Lipinski definition) is 1. The lowest BCUT2D eigenvalue weighted by Crippen LogP contribution is -2.17. The van der Waals surface area contributed by atoms with Crippen molar-refractivity contribution in [1.82, 2.24) is 14.9 Å². The molecule has 0 bridgehead atoms. The van der Waals surface area contributed by atoms with Gasteiger partial charge in [-0.15, -0.1) is 0 Å². The Labute approximate surface area is 107 Å². The third-order valence-electron chi connectivity index (χ3n) is 2.69. The second-order valence-electron chi connectivity index (χ2n) is 4.16. The summed E-state index contributed by atoms with van der Waals surface area (Å²) in [6, 6.07) is 3.79. The first kappa shape index (κ1) is 12.9. The molecule has 5 heteroatoms. The summed E-state index contributed by atoms with van der Waals surface area (Å²) >= 11 is 0. The van der Waals surface area contributed by atoms with Gasteiger partial charge in [0.2, 0.25) is 0 Å². The Morgan fingerprint density at radius 1 is 1.50 bits per heavy atom. The molecule has 2 heterocycles. The number of furan rings is 1. The predicted octanol–water partition coefficient (Wildman–Crippen LogP) is 1.71. The number of hydrogen-bond acceptors (Lipinski definition) is 4. The summed E-state index contributed by atoms with van der Waals surface area (Å²) < 4.78 is 12.7. The van der Waals surface area contributed by atoms with E-state index < -0.39 is 0 Å². The van der Waals surface area contributed by atoms with Gasteiger partial charge in [-0.3, -0.25) is 0 Å². The Balaban J connectivity index is 1.48. The Morgan fingerprint density at radius 3 is 3.17 bits per heavy atom. The summed E-state index contributed by atoms with van der Waals surface area (Å²) in [5.74, 6) is 0.873. The fourth-order valence-electron chi connectivity index (χ4n) is 1.64. The quantitative estimate of drug-likeness (QED) is 0.724. The van der Waals surface area contributed by atoms with Crippen molar-refractivity contribution in [2.45, 2.75) is 19.6 Å². The molecule has 0 atom stereocenters. The molecule has 98 valence electrons. The van der Waals surface area contributed by atoms with Gasteiger partial charge in [-0.1, -0.05) is 0 Å². The minimum Gasteiger partial charge on any atom is -0.467 e. The van der Waals surface area contributed by atoms with Crippen LogP contribution in [0.2, 0.25) is 0 Å².